The Morgan fingerprint density at radius 1 is 0.576 bits per heavy atom. The van der Waals surface area contributed by atoms with Gasteiger partial charge in [-0.25, -0.2) is 15.0 Å². The molecule has 0 bridgehead atoms. The van der Waals surface area contributed by atoms with E-state index in [2.05, 4.69) is 71.3 Å². The minimum absolute atomic E-state index is 0.0166. The SMILES string of the molecule is CC(C)CCNC(=O)CCNC(=O)c1nc(NC(=O)CCNC(=O)c2cc(NCOCc3nc(NC(=O)CCNC(=O)c4cc(NC(=O)c5nccn5C)cn4C)cn3C)cn2C)cn1C. The summed E-state index contributed by atoms with van der Waals surface area (Å²) in [4.78, 5) is 101. The quantitative estimate of drug-likeness (QED) is 0.0320. The summed E-state index contributed by atoms with van der Waals surface area (Å²) >= 11 is 0. The van der Waals surface area contributed by atoms with Gasteiger partial charge in [0.1, 0.15) is 30.5 Å². The van der Waals surface area contributed by atoms with Crippen LogP contribution in [0.3, 0.4) is 0 Å². The molecule has 0 fully saturated rings. The lowest BCUT2D eigenvalue weighted by atomic mass is 10.1. The minimum Gasteiger partial charge on any atom is -0.361 e. The van der Waals surface area contributed by atoms with Crippen LogP contribution in [0.4, 0.5) is 23.0 Å². The Bertz CT molecular complexity index is 2530. The molecular formula is C42H58N16O8. The smallest absolute Gasteiger partial charge is 0.291 e. The van der Waals surface area contributed by atoms with Crippen molar-refractivity contribution in [2.24, 2.45) is 41.2 Å². The van der Waals surface area contributed by atoms with Crippen LogP contribution in [0.5, 0.6) is 0 Å². The summed E-state index contributed by atoms with van der Waals surface area (Å²) in [6, 6.07) is 3.17. The van der Waals surface area contributed by atoms with Crippen molar-refractivity contribution in [2.45, 2.75) is 46.1 Å². The fourth-order valence-corrected chi connectivity index (χ4v) is 6.36. The molecule has 66 heavy (non-hydrogen) atoms. The zero-order valence-corrected chi connectivity index (χ0v) is 38.1. The van der Waals surface area contributed by atoms with E-state index in [1.54, 1.807) is 84.4 Å². The van der Waals surface area contributed by atoms with Gasteiger partial charge in [0.05, 0.1) is 11.4 Å². The van der Waals surface area contributed by atoms with E-state index in [1.807, 2.05) is 0 Å². The molecule has 8 N–H and O–H groups in total. The molecule has 5 heterocycles. The second-order valence-electron chi connectivity index (χ2n) is 15.8. The number of carbonyl (C=O) groups is 7. The first-order valence-electron chi connectivity index (χ1n) is 21.2. The molecule has 354 valence electrons. The van der Waals surface area contributed by atoms with Crippen LogP contribution < -0.4 is 42.5 Å². The predicted molar refractivity (Wildman–Crippen MR) is 242 cm³/mol. The average Bonchev–Trinajstić information content (AvgIpc) is 4.08. The van der Waals surface area contributed by atoms with Gasteiger partial charge in [-0.1, -0.05) is 13.8 Å². The average molecular weight is 915 g/mol. The maximum atomic E-state index is 12.9. The fraction of sp³-hybridized carbons (Fsp3) is 0.429. The molecule has 0 aromatic carbocycles. The highest BCUT2D eigenvalue weighted by Crippen LogP contribution is 2.16. The molecule has 24 nitrogen and oxygen atoms in total. The second kappa shape index (κ2) is 23.3. The van der Waals surface area contributed by atoms with Gasteiger partial charge in [-0.15, -0.1) is 0 Å². The van der Waals surface area contributed by atoms with Gasteiger partial charge < -0.3 is 70.1 Å². The van der Waals surface area contributed by atoms with Crippen LogP contribution in [-0.4, -0.2) is 112 Å². The van der Waals surface area contributed by atoms with Crippen molar-refractivity contribution >= 4 is 64.4 Å². The molecule has 0 saturated heterocycles. The third-order valence-corrected chi connectivity index (χ3v) is 9.91. The van der Waals surface area contributed by atoms with Crippen LogP contribution in [0.2, 0.25) is 0 Å². The van der Waals surface area contributed by atoms with Gasteiger partial charge in [0.25, 0.3) is 23.6 Å². The molecule has 0 aliphatic heterocycles. The highest BCUT2D eigenvalue weighted by Gasteiger charge is 2.19. The molecular weight excluding hydrogens is 857 g/mol. The van der Waals surface area contributed by atoms with E-state index in [-0.39, 0.29) is 81.5 Å². The number of hydrogen-bond acceptors (Lipinski definition) is 12. The van der Waals surface area contributed by atoms with Gasteiger partial charge in [-0.2, -0.15) is 0 Å². The van der Waals surface area contributed by atoms with E-state index in [1.165, 1.54) is 23.0 Å². The molecule has 0 atom stereocenters. The summed E-state index contributed by atoms with van der Waals surface area (Å²) in [5, 5.41) is 22.1. The van der Waals surface area contributed by atoms with Crippen molar-refractivity contribution in [3.8, 4) is 0 Å². The Balaban J connectivity index is 0.958. The van der Waals surface area contributed by atoms with Crippen LogP contribution in [0, 0.1) is 5.92 Å². The summed E-state index contributed by atoms with van der Waals surface area (Å²) in [5.74, 6) is -0.879. The predicted octanol–water partition coefficient (Wildman–Crippen LogP) is 1.20. The van der Waals surface area contributed by atoms with E-state index >= 15 is 0 Å². The summed E-state index contributed by atoms with van der Waals surface area (Å²) < 4.78 is 13.7. The first kappa shape index (κ1) is 49.3. The van der Waals surface area contributed by atoms with E-state index in [4.69, 9.17) is 4.74 Å². The molecule has 7 amide bonds. The second-order valence-corrected chi connectivity index (χ2v) is 15.8. The molecule has 5 aromatic heterocycles. The zero-order valence-electron chi connectivity index (χ0n) is 38.1. The van der Waals surface area contributed by atoms with Crippen molar-refractivity contribution in [3.05, 3.63) is 78.2 Å². The standard InChI is InChI=1S/C42H58N16O8/c1-26(2)8-12-43-34(59)9-13-47-41(64)38-53-32(23-58(38)7)52-36(61)11-15-45-39(62)29-18-27(20-55(29)4)48-25-66-24-33-50-31(22-57(33)6)51-35(60)10-14-46-40(63)30-19-28(21-56(30)5)49-42(65)37-44-16-17-54(37)3/h16-23,26,48H,8-15,24-25H2,1-7H3,(H,43,59)(H,45,62)(H,46,63)(H,47,64)(H,49,65)(H,51,60)(H,52,61). The van der Waals surface area contributed by atoms with Gasteiger partial charge in [-0.05, 0) is 24.5 Å². The lowest BCUT2D eigenvalue weighted by molar-refractivity contribution is -0.121. The maximum absolute atomic E-state index is 12.9. The number of aromatic nitrogens is 8. The van der Waals surface area contributed by atoms with Crippen molar-refractivity contribution in [3.63, 3.8) is 0 Å². The van der Waals surface area contributed by atoms with Gasteiger partial charge in [0.2, 0.25) is 23.5 Å². The first-order valence-corrected chi connectivity index (χ1v) is 21.2. The van der Waals surface area contributed by atoms with Gasteiger partial charge >= 0.3 is 0 Å². The first-order chi connectivity index (χ1) is 31.5. The van der Waals surface area contributed by atoms with Crippen molar-refractivity contribution < 1.29 is 38.3 Å². The molecule has 0 saturated carbocycles. The van der Waals surface area contributed by atoms with E-state index in [0.717, 1.165) is 6.42 Å². The molecule has 5 aromatic rings. The number of rotatable bonds is 24. The summed E-state index contributed by atoms with van der Waals surface area (Å²) in [5.41, 5.74) is 1.66. The van der Waals surface area contributed by atoms with Crippen LogP contribution in [0.1, 0.15) is 87.6 Å². The number of nitrogens with one attached hydrogen (secondary N) is 8. The normalized spacial score (nSPS) is 11.0. The number of amides is 7. The third kappa shape index (κ3) is 14.4. The number of carbonyl (C=O) groups excluding carboxylic acids is 7. The molecule has 5 rings (SSSR count). The third-order valence-electron chi connectivity index (χ3n) is 9.91. The van der Waals surface area contributed by atoms with Crippen molar-refractivity contribution in [2.75, 3.05) is 54.2 Å². The lowest BCUT2D eigenvalue weighted by Crippen LogP contribution is -2.32. The summed E-state index contributed by atoms with van der Waals surface area (Å²) in [7, 11) is 8.44. The molecule has 0 radical (unpaired) electrons. The van der Waals surface area contributed by atoms with Crippen LogP contribution in [0.15, 0.2) is 49.3 Å². The zero-order chi connectivity index (χ0) is 47.9. The topological polar surface area (TPSA) is 288 Å². The Morgan fingerprint density at radius 3 is 1.74 bits per heavy atom. The molecule has 0 unspecified atom stereocenters. The maximum Gasteiger partial charge on any atom is 0.291 e. The Morgan fingerprint density at radius 2 is 1.14 bits per heavy atom. The highest BCUT2D eigenvalue weighted by molar-refractivity contribution is 6.03. The summed E-state index contributed by atoms with van der Waals surface area (Å²) in [6.45, 7) is 5.13. The van der Waals surface area contributed by atoms with Crippen LogP contribution >= 0.6 is 0 Å². The number of hydrogen-bond donors (Lipinski definition) is 8. The molecule has 0 spiro atoms. The Hall–Kier alpha value is -7.76. The van der Waals surface area contributed by atoms with Gasteiger partial charge in [0, 0.05) is 118 Å². The van der Waals surface area contributed by atoms with Crippen LogP contribution in [0.25, 0.3) is 0 Å². The van der Waals surface area contributed by atoms with Crippen molar-refractivity contribution in [1.82, 2.24) is 59.1 Å². The monoisotopic (exact) mass is 914 g/mol. The number of aryl methyl sites for hydroxylation is 5. The van der Waals surface area contributed by atoms with Crippen molar-refractivity contribution in [1.29, 1.82) is 0 Å². The van der Waals surface area contributed by atoms with Gasteiger partial charge in [0.15, 0.2) is 17.5 Å². The fourth-order valence-electron chi connectivity index (χ4n) is 6.36. The number of imidazole rings is 3. The number of anilines is 4. The molecule has 24 heteroatoms. The van der Waals surface area contributed by atoms with E-state index < -0.39 is 29.5 Å². The summed E-state index contributed by atoms with van der Waals surface area (Å²) in [6.07, 6.45) is 10.5. The Labute approximate surface area is 380 Å². The largest absolute Gasteiger partial charge is 0.361 e. The minimum atomic E-state index is -0.486. The van der Waals surface area contributed by atoms with Crippen LogP contribution in [-0.2, 0) is 61.0 Å². The Kier molecular flexibility index (Phi) is 17.4. The molecule has 0 aliphatic rings. The van der Waals surface area contributed by atoms with E-state index in [0.29, 0.717) is 46.9 Å². The highest BCUT2D eigenvalue weighted by atomic mass is 16.5. The van der Waals surface area contributed by atoms with E-state index in [9.17, 15) is 33.6 Å². The molecule has 0 aliphatic carbocycles. The van der Waals surface area contributed by atoms with Gasteiger partial charge in [-0.3, -0.25) is 33.6 Å². The lowest BCUT2D eigenvalue weighted by Gasteiger charge is -2.08. The number of ether oxygens (including phenoxy) is 1. The number of nitrogens with zero attached hydrogens (tertiary/aromatic N) is 8.